The molecule has 1 aliphatic rings. The van der Waals surface area contributed by atoms with Crippen LogP contribution in [0, 0.1) is 10.1 Å². The van der Waals surface area contributed by atoms with Gasteiger partial charge in [0.15, 0.2) is 0 Å². The van der Waals surface area contributed by atoms with Crippen LogP contribution in [0.2, 0.25) is 0 Å². The summed E-state index contributed by atoms with van der Waals surface area (Å²) in [5, 5.41) is 12.1. The number of nitro groups is 1. The molecule has 1 heterocycles. The molecule has 1 aromatic heterocycles. The van der Waals surface area contributed by atoms with Crippen molar-refractivity contribution in [2.75, 3.05) is 7.11 Å². The molecule has 110 valence electrons. The quantitative estimate of drug-likeness (QED) is 0.626. The van der Waals surface area contributed by atoms with Crippen molar-refractivity contribution < 1.29 is 9.66 Å². The van der Waals surface area contributed by atoms with Crippen molar-refractivity contribution in [2.24, 2.45) is 0 Å². The fourth-order valence-electron chi connectivity index (χ4n) is 3.26. The molecule has 1 aromatic carbocycles. The monoisotopic (exact) mass is 286 g/mol. The molecule has 0 saturated heterocycles. The molecular weight excluding hydrogens is 268 g/mol. The van der Waals surface area contributed by atoms with E-state index >= 15 is 0 Å². The summed E-state index contributed by atoms with van der Waals surface area (Å²) in [7, 11) is 1.53. The molecule has 2 aromatic rings. The summed E-state index contributed by atoms with van der Waals surface area (Å²) >= 11 is 0. The van der Waals surface area contributed by atoms with E-state index in [1.807, 2.05) is 12.1 Å². The molecule has 0 atom stereocenters. The largest absolute Gasteiger partial charge is 0.496 e. The summed E-state index contributed by atoms with van der Waals surface area (Å²) in [5.74, 6) is 0.982. The number of benzene rings is 1. The van der Waals surface area contributed by atoms with Gasteiger partial charge in [0.2, 0.25) is 0 Å². The lowest BCUT2D eigenvalue weighted by Crippen LogP contribution is -2.06. The van der Waals surface area contributed by atoms with Crippen molar-refractivity contribution in [1.29, 1.82) is 0 Å². The smallest absolute Gasteiger partial charge is 0.299 e. The van der Waals surface area contributed by atoms with E-state index in [2.05, 4.69) is 4.98 Å². The fourth-order valence-corrected chi connectivity index (χ4v) is 3.26. The molecular formula is C16H18N2O3. The van der Waals surface area contributed by atoms with Crippen LogP contribution in [0.3, 0.4) is 0 Å². The Balaban J connectivity index is 2.21. The number of aromatic nitrogens is 1. The summed E-state index contributed by atoms with van der Waals surface area (Å²) in [6, 6.07) is 5.32. The van der Waals surface area contributed by atoms with E-state index in [-0.39, 0.29) is 10.6 Å². The second-order valence-electron chi connectivity index (χ2n) is 5.53. The van der Waals surface area contributed by atoms with Crippen molar-refractivity contribution in [3.8, 4) is 5.75 Å². The van der Waals surface area contributed by atoms with E-state index in [1.54, 1.807) is 6.20 Å². The van der Waals surface area contributed by atoms with Crippen molar-refractivity contribution >= 4 is 16.6 Å². The van der Waals surface area contributed by atoms with E-state index in [0.717, 1.165) is 18.2 Å². The van der Waals surface area contributed by atoms with E-state index in [4.69, 9.17) is 4.74 Å². The highest BCUT2D eigenvalue weighted by Crippen LogP contribution is 2.39. The van der Waals surface area contributed by atoms with Crippen LogP contribution in [-0.4, -0.2) is 17.0 Å². The number of rotatable bonds is 3. The van der Waals surface area contributed by atoms with Crippen LogP contribution >= 0.6 is 0 Å². The maximum absolute atomic E-state index is 11.3. The summed E-state index contributed by atoms with van der Waals surface area (Å²) in [5.41, 5.74) is 1.65. The average molecular weight is 286 g/mol. The molecule has 0 radical (unpaired) electrons. The first kappa shape index (κ1) is 13.8. The molecule has 0 unspecified atom stereocenters. The Bertz CT molecular complexity index is 679. The molecule has 21 heavy (non-hydrogen) atoms. The van der Waals surface area contributed by atoms with Gasteiger partial charge < -0.3 is 4.74 Å². The van der Waals surface area contributed by atoms with E-state index in [1.165, 1.54) is 38.0 Å². The predicted octanol–water partition coefficient (Wildman–Crippen LogP) is 4.20. The minimum absolute atomic E-state index is 0.0157. The Morgan fingerprint density at radius 2 is 2.05 bits per heavy atom. The Hall–Kier alpha value is -2.17. The van der Waals surface area contributed by atoms with Crippen molar-refractivity contribution in [2.45, 2.75) is 38.0 Å². The number of nitrogens with zero attached hydrogens (tertiary/aromatic N) is 2. The molecule has 3 rings (SSSR count). The summed E-state index contributed by atoms with van der Waals surface area (Å²) in [4.78, 5) is 15.1. The van der Waals surface area contributed by atoms with Gasteiger partial charge in [0.25, 0.3) is 5.69 Å². The third-order valence-electron chi connectivity index (χ3n) is 4.31. The summed E-state index contributed by atoms with van der Waals surface area (Å²) < 4.78 is 5.22. The molecule has 0 spiro atoms. The fraction of sp³-hybridized carbons (Fsp3) is 0.438. The molecule has 0 N–H and O–H groups in total. The van der Waals surface area contributed by atoms with Gasteiger partial charge in [0.1, 0.15) is 11.3 Å². The van der Waals surface area contributed by atoms with Crippen LogP contribution in [-0.2, 0) is 0 Å². The van der Waals surface area contributed by atoms with Gasteiger partial charge in [-0.15, -0.1) is 0 Å². The van der Waals surface area contributed by atoms with Gasteiger partial charge >= 0.3 is 0 Å². The topological polar surface area (TPSA) is 65.3 Å². The molecule has 5 nitrogen and oxygen atoms in total. The first-order valence-electron chi connectivity index (χ1n) is 7.31. The minimum Gasteiger partial charge on any atom is -0.496 e. The maximum atomic E-state index is 11.3. The standard InChI is InChI=1S/C16H18N2O3/c1-21-12-9-14-13(11-5-3-2-4-6-11)7-8-17-16(14)15(10-12)18(19)20/h7-11H,2-6H2,1H3. The van der Waals surface area contributed by atoms with Crippen molar-refractivity contribution in [1.82, 2.24) is 4.98 Å². The normalized spacial score (nSPS) is 16.0. The second kappa shape index (κ2) is 5.68. The third kappa shape index (κ3) is 2.55. The molecule has 5 heteroatoms. The van der Waals surface area contributed by atoms with Crippen LogP contribution in [0.15, 0.2) is 24.4 Å². The van der Waals surface area contributed by atoms with E-state index in [9.17, 15) is 10.1 Å². The first-order valence-corrected chi connectivity index (χ1v) is 7.31. The number of fused-ring (bicyclic) bond motifs is 1. The summed E-state index contributed by atoms with van der Waals surface area (Å²) in [6.07, 6.45) is 7.70. The predicted molar refractivity (Wildman–Crippen MR) is 80.8 cm³/mol. The molecule has 1 fully saturated rings. The van der Waals surface area contributed by atoms with Gasteiger partial charge in [-0.25, -0.2) is 4.98 Å². The zero-order valence-electron chi connectivity index (χ0n) is 12.0. The van der Waals surface area contributed by atoms with Crippen LogP contribution in [0.1, 0.15) is 43.6 Å². The highest BCUT2D eigenvalue weighted by Gasteiger charge is 2.22. The molecule has 1 aliphatic carbocycles. The number of hydrogen-bond acceptors (Lipinski definition) is 4. The number of methoxy groups -OCH3 is 1. The van der Waals surface area contributed by atoms with Gasteiger partial charge in [-0.1, -0.05) is 19.3 Å². The zero-order valence-corrected chi connectivity index (χ0v) is 12.0. The van der Waals surface area contributed by atoms with Gasteiger partial charge in [-0.3, -0.25) is 10.1 Å². The Morgan fingerprint density at radius 1 is 1.29 bits per heavy atom. The highest BCUT2D eigenvalue weighted by atomic mass is 16.6. The van der Waals surface area contributed by atoms with Crippen molar-refractivity contribution in [3.63, 3.8) is 0 Å². The van der Waals surface area contributed by atoms with E-state index in [0.29, 0.717) is 17.2 Å². The maximum Gasteiger partial charge on any atom is 0.299 e. The molecule has 0 aliphatic heterocycles. The van der Waals surface area contributed by atoms with Gasteiger partial charge in [0.05, 0.1) is 18.1 Å². The SMILES string of the molecule is COc1cc([N+](=O)[O-])c2nccc(C3CCCCC3)c2c1. The number of nitro benzene ring substituents is 1. The number of pyridine rings is 1. The van der Waals surface area contributed by atoms with Crippen molar-refractivity contribution in [3.05, 3.63) is 40.1 Å². The zero-order chi connectivity index (χ0) is 14.8. The highest BCUT2D eigenvalue weighted by molar-refractivity contribution is 5.91. The Kier molecular flexibility index (Phi) is 3.73. The molecule has 0 bridgehead atoms. The lowest BCUT2D eigenvalue weighted by atomic mass is 9.83. The van der Waals surface area contributed by atoms with Gasteiger partial charge in [0, 0.05) is 11.6 Å². The Labute approximate surface area is 123 Å². The van der Waals surface area contributed by atoms with Crippen LogP contribution in [0.5, 0.6) is 5.75 Å². The third-order valence-corrected chi connectivity index (χ3v) is 4.31. The Morgan fingerprint density at radius 3 is 2.71 bits per heavy atom. The summed E-state index contributed by atoms with van der Waals surface area (Å²) in [6.45, 7) is 0. The first-order chi connectivity index (χ1) is 10.2. The van der Waals surface area contributed by atoms with E-state index < -0.39 is 0 Å². The van der Waals surface area contributed by atoms with Gasteiger partial charge in [-0.05, 0) is 36.5 Å². The van der Waals surface area contributed by atoms with Gasteiger partial charge in [-0.2, -0.15) is 0 Å². The number of ether oxygens (including phenoxy) is 1. The second-order valence-corrected chi connectivity index (χ2v) is 5.53. The lowest BCUT2D eigenvalue weighted by Gasteiger charge is -2.23. The number of non-ortho nitro benzene ring substituents is 1. The van der Waals surface area contributed by atoms with Crippen LogP contribution < -0.4 is 4.74 Å². The van der Waals surface area contributed by atoms with Crippen LogP contribution in [0.4, 0.5) is 5.69 Å². The minimum atomic E-state index is -0.386. The molecule has 1 saturated carbocycles. The average Bonchev–Trinajstić information content (AvgIpc) is 2.53. The number of hydrogen-bond donors (Lipinski definition) is 0. The lowest BCUT2D eigenvalue weighted by molar-refractivity contribution is -0.383. The molecule has 0 amide bonds. The van der Waals surface area contributed by atoms with Crippen LogP contribution in [0.25, 0.3) is 10.9 Å².